The van der Waals surface area contributed by atoms with Crippen molar-refractivity contribution in [3.05, 3.63) is 28.5 Å². The summed E-state index contributed by atoms with van der Waals surface area (Å²) in [5, 5.41) is 2.58. The van der Waals surface area contributed by atoms with E-state index in [4.69, 9.17) is 0 Å². The number of rotatable bonds is 2. The van der Waals surface area contributed by atoms with Gasteiger partial charge in [0.1, 0.15) is 5.82 Å². The van der Waals surface area contributed by atoms with Crippen LogP contribution in [0.25, 0.3) is 0 Å². The van der Waals surface area contributed by atoms with Crippen LogP contribution in [0.2, 0.25) is 0 Å². The summed E-state index contributed by atoms with van der Waals surface area (Å²) in [6.45, 7) is 1.70. The van der Waals surface area contributed by atoms with Gasteiger partial charge in [-0.25, -0.2) is 4.39 Å². The summed E-state index contributed by atoms with van der Waals surface area (Å²) in [4.78, 5) is 11.0. The van der Waals surface area contributed by atoms with Crippen molar-refractivity contribution in [3.8, 4) is 0 Å². The zero-order valence-electron chi connectivity index (χ0n) is 7.35. The second-order valence-electron chi connectivity index (χ2n) is 2.73. The second-order valence-corrected chi connectivity index (χ2v) is 4.96. The molecular formula is C9H8Br2FNO. The highest BCUT2D eigenvalue weighted by Gasteiger charge is 2.10. The standard InChI is InChI=1S/C9H8Br2FNO/c1-5(10)9(14)13-8-4-6(12)2-3-7(8)11/h2-5H,1H3,(H,13,14). The first kappa shape index (κ1) is 11.7. The van der Waals surface area contributed by atoms with E-state index in [1.165, 1.54) is 12.1 Å². The number of anilines is 1. The molecule has 0 radical (unpaired) electrons. The van der Waals surface area contributed by atoms with E-state index in [1.54, 1.807) is 13.0 Å². The molecule has 0 saturated carbocycles. The molecule has 1 N–H and O–H groups in total. The Balaban J connectivity index is 2.86. The molecule has 14 heavy (non-hydrogen) atoms. The minimum atomic E-state index is -0.384. The third-order valence-electron chi connectivity index (χ3n) is 1.55. The number of halogens is 3. The number of hydrogen-bond donors (Lipinski definition) is 1. The Morgan fingerprint density at radius 2 is 2.21 bits per heavy atom. The molecule has 0 aliphatic rings. The van der Waals surface area contributed by atoms with E-state index >= 15 is 0 Å². The number of amides is 1. The monoisotopic (exact) mass is 323 g/mol. The van der Waals surface area contributed by atoms with Crippen molar-refractivity contribution in [2.24, 2.45) is 0 Å². The van der Waals surface area contributed by atoms with Gasteiger partial charge in [0, 0.05) is 4.47 Å². The fourth-order valence-corrected chi connectivity index (χ4v) is 1.29. The molecule has 0 bridgehead atoms. The number of carbonyl (C=O) groups excluding carboxylic acids is 1. The zero-order chi connectivity index (χ0) is 10.7. The van der Waals surface area contributed by atoms with Gasteiger partial charge < -0.3 is 5.32 Å². The van der Waals surface area contributed by atoms with E-state index in [0.29, 0.717) is 10.2 Å². The molecule has 1 amide bonds. The average Bonchev–Trinajstić information content (AvgIpc) is 2.11. The summed E-state index contributed by atoms with van der Waals surface area (Å²) in [6, 6.07) is 4.12. The first-order valence-electron chi connectivity index (χ1n) is 3.90. The van der Waals surface area contributed by atoms with Gasteiger partial charge in [-0.05, 0) is 41.1 Å². The third-order valence-corrected chi connectivity index (χ3v) is 2.65. The first-order chi connectivity index (χ1) is 6.50. The molecule has 5 heteroatoms. The van der Waals surface area contributed by atoms with Crippen LogP contribution in [0.15, 0.2) is 22.7 Å². The summed E-state index contributed by atoms with van der Waals surface area (Å²) in [5.74, 6) is -0.595. The van der Waals surface area contributed by atoms with Gasteiger partial charge in [-0.1, -0.05) is 15.9 Å². The molecule has 2 nitrogen and oxygen atoms in total. The van der Waals surface area contributed by atoms with Gasteiger partial charge in [0.2, 0.25) is 5.91 Å². The van der Waals surface area contributed by atoms with Crippen molar-refractivity contribution in [1.82, 2.24) is 0 Å². The number of carbonyl (C=O) groups is 1. The number of hydrogen-bond acceptors (Lipinski definition) is 1. The molecule has 0 aliphatic carbocycles. The van der Waals surface area contributed by atoms with Crippen LogP contribution in [-0.2, 0) is 4.79 Å². The van der Waals surface area contributed by atoms with Crippen LogP contribution in [-0.4, -0.2) is 10.7 Å². The summed E-state index contributed by atoms with van der Waals surface area (Å²) in [6.07, 6.45) is 0. The molecular weight excluding hydrogens is 317 g/mol. The van der Waals surface area contributed by atoms with E-state index in [0.717, 1.165) is 0 Å². The molecule has 1 unspecified atom stereocenters. The highest BCUT2D eigenvalue weighted by molar-refractivity contribution is 9.10. The largest absolute Gasteiger partial charge is 0.324 e. The normalized spacial score (nSPS) is 12.3. The second kappa shape index (κ2) is 4.89. The lowest BCUT2D eigenvalue weighted by Crippen LogP contribution is -2.20. The van der Waals surface area contributed by atoms with Crippen LogP contribution in [0.5, 0.6) is 0 Å². The highest BCUT2D eigenvalue weighted by Crippen LogP contribution is 2.23. The van der Waals surface area contributed by atoms with Gasteiger partial charge in [-0.3, -0.25) is 4.79 Å². The predicted octanol–water partition coefficient (Wildman–Crippen LogP) is 3.31. The molecule has 0 aliphatic heterocycles. The molecule has 1 aromatic carbocycles. The van der Waals surface area contributed by atoms with Crippen molar-refractivity contribution in [2.75, 3.05) is 5.32 Å². The van der Waals surface area contributed by atoms with Gasteiger partial charge >= 0.3 is 0 Å². The Hall–Kier alpha value is -0.420. The molecule has 0 spiro atoms. The fraction of sp³-hybridized carbons (Fsp3) is 0.222. The SMILES string of the molecule is CC(Br)C(=O)Nc1cc(F)ccc1Br. The van der Waals surface area contributed by atoms with Gasteiger partial charge in [0.25, 0.3) is 0 Å². The number of benzene rings is 1. The molecule has 1 aromatic rings. The van der Waals surface area contributed by atoms with Crippen molar-refractivity contribution in [2.45, 2.75) is 11.8 Å². The lowest BCUT2D eigenvalue weighted by molar-refractivity contribution is -0.115. The van der Waals surface area contributed by atoms with Crippen molar-refractivity contribution >= 4 is 43.5 Å². The highest BCUT2D eigenvalue weighted by atomic mass is 79.9. The lowest BCUT2D eigenvalue weighted by Gasteiger charge is -2.08. The molecule has 76 valence electrons. The van der Waals surface area contributed by atoms with Gasteiger partial charge in [0.05, 0.1) is 10.5 Å². The van der Waals surface area contributed by atoms with E-state index in [-0.39, 0.29) is 16.6 Å². The number of alkyl halides is 1. The Labute approximate surface area is 98.1 Å². The maximum atomic E-state index is 12.8. The van der Waals surface area contributed by atoms with Crippen molar-refractivity contribution in [3.63, 3.8) is 0 Å². The third kappa shape index (κ3) is 3.06. The van der Waals surface area contributed by atoms with E-state index in [1.807, 2.05) is 0 Å². The summed E-state index contributed by atoms with van der Waals surface area (Å²) >= 11 is 6.33. The van der Waals surface area contributed by atoms with Crippen molar-refractivity contribution < 1.29 is 9.18 Å². The Bertz CT molecular complexity index is 355. The Morgan fingerprint density at radius 1 is 1.57 bits per heavy atom. The predicted molar refractivity (Wildman–Crippen MR) is 61.1 cm³/mol. The van der Waals surface area contributed by atoms with Gasteiger partial charge in [0.15, 0.2) is 0 Å². The minimum absolute atomic E-state index is 0.212. The van der Waals surface area contributed by atoms with Crippen molar-refractivity contribution in [1.29, 1.82) is 0 Å². The van der Waals surface area contributed by atoms with Crippen LogP contribution in [0, 0.1) is 5.82 Å². The lowest BCUT2D eigenvalue weighted by atomic mass is 10.3. The maximum absolute atomic E-state index is 12.8. The Kier molecular flexibility index (Phi) is 4.07. The molecule has 0 fully saturated rings. The molecule has 0 heterocycles. The topological polar surface area (TPSA) is 29.1 Å². The quantitative estimate of drug-likeness (QED) is 0.831. The smallest absolute Gasteiger partial charge is 0.237 e. The van der Waals surface area contributed by atoms with Crippen LogP contribution >= 0.6 is 31.9 Å². The van der Waals surface area contributed by atoms with Crippen LogP contribution in [0.3, 0.4) is 0 Å². The zero-order valence-corrected chi connectivity index (χ0v) is 10.5. The molecule has 0 aromatic heterocycles. The maximum Gasteiger partial charge on any atom is 0.237 e. The first-order valence-corrected chi connectivity index (χ1v) is 5.61. The molecule has 0 saturated heterocycles. The van der Waals surface area contributed by atoms with E-state index in [2.05, 4.69) is 37.2 Å². The van der Waals surface area contributed by atoms with Gasteiger partial charge in [-0.2, -0.15) is 0 Å². The summed E-state index contributed by atoms with van der Waals surface area (Å²) in [7, 11) is 0. The molecule has 1 atom stereocenters. The Morgan fingerprint density at radius 3 is 2.79 bits per heavy atom. The molecule has 1 rings (SSSR count). The average molecular weight is 325 g/mol. The summed E-state index contributed by atoms with van der Waals surface area (Å²) in [5.41, 5.74) is 0.432. The summed E-state index contributed by atoms with van der Waals surface area (Å²) < 4.78 is 13.5. The van der Waals surface area contributed by atoms with Crippen LogP contribution < -0.4 is 5.32 Å². The van der Waals surface area contributed by atoms with E-state index < -0.39 is 0 Å². The fourth-order valence-electron chi connectivity index (χ4n) is 0.825. The van der Waals surface area contributed by atoms with Gasteiger partial charge in [-0.15, -0.1) is 0 Å². The van der Waals surface area contributed by atoms with Crippen LogP contribution in [0.1, 0.15) is 6.92 Å². The minimum Gasteiger partial charge on any atom is -0.324 e. The van der Waals surface area contributed by atoms with E-state index in [9.17, 15) is 9.18 Å². The number of nitrogens with one attached hydrogen (secondary N) is 1. The van der Waals surface area contributed by atoms with Crippen LogP contribution in [0.4, 0.5) is 10.1 Å².